The van der Waals surface area contributed by atoms with Crippen molar-refractivity contribution in [2.75, 3.05) is 0 Å². The van der Waals surface area contributed by atoms with Gasteiger partial charge in [-0.2, -0.15) is 0 Å². The lowest BCUT2D eigenvalue weighted by molar-refractivity contribution is 0.611. The minimum Gasteiger partial charge on any atom is -0.297 e. The first-order valence-electron chi connectivity index (χ1n) is 6.42. The predicted octanol–water partition coefficient (Wildman–Crippen LogP) is 1.95. The zero-order chi connectivity index (χ0) is 14.7. The summed E-state index contributed by atoms with van der Waals surface area (Å²) in [6, 6.07) is 3.72. The summed E-state index contributed by atoms with van der Waals surface area (Å²) in [7, 11) is 0. The van der Waals surface area contributed by atoms with Crippen molar-refractivity contribution >= 4 is 11.6 Å². The summed E-state index contributed by atoms with van der Waals surface area (Å²) >= 11 is 5.94. The van der Waals surface area contributed by atoms with Gasteiger partial charge in [0, 0.05) is 18.9 Å². The van der Waals surface area contributed by atoms with Crippen LogP contribution in [0.2, 0.25) is 5.15 Å². The Hall–Kier alpha value is -1.88. The molecule has 0 radical (unpaired) electrons. The molecule has 6 heteroatoms. The number of hydrogen-bond acceptors (Lipinski definition) is 3. The van der Waals surface area contributed by atoms with Crippen molar-refractivity contribution in [2.24, 2.45) is 0 Å². The number of hydrogen-bond donors (Lipinski definition) is 1. The monoisotopic (exact) mass is 293 g/mol. The molecule has 0 saturated heterocycles. The van der Waals surface area contributed by atoms with Crippen LogP contribution in [0.3, 0.4) is 0 Å². The highest BCUT2D eigenvalue weighted by atomic mass is 35.5. The molecule has 0 unspecified atom stereocenters. The quantitative estimate of drug-likeness (QED) is 0.876. The fourth-order valence-electron chi connectivity index (χ4n) is 2.05. The molecule has 1 N–H and O–H groups in total. The molecule has 2 rings (SSSR count). The van der Waals surface area contributed by atoms with E-state index in [2.05, 4.69) is 9.97 Å². The number of rotatable bonds is 4. The molecule has 0 aromatic carbocycles. The van der Waals surface area contributed by atoms with Crippen molar-refractivity contribution in [1.82, 2.24) is 14.5 Å². The first-order chi connectivity index (χ1) is 9.50. The average molecular weight is 294 g/mol. The molecule has 2 aromatic heterocycles. The number of nitrogens with zero attached hydrogens (tertiary/aromatic N) is 2. The Morgan fingerprint density at radius 1 is 1.30 bits per heavy atom. The fraction of sp³-hybridized carbons (Fsp3) is 0.357. The number of H-pyrrole nitrogens is 1. The topological polar surface area (TPSA) is 67.8 Å². The molecule has 2 aromatic rings. The summed E-state index contributed by atoms with van der Waals surface area (Å²) in [5.41, 5.74) is 0.676. The Bertz CT molecular complexity index is 705. The summed E-state index contributed by atoms with van der Waals surface area (Å²) < 4.78 is 1.20. The maximum atomic E-state index is 12.3. The molecule has 0 fully saturated rings. The van der Waals surface area contributed by atoms with Crippen LogP contribution in [0.5, 0.6) is 0 Å². The van der Waals surface area contributed by atoms with Gasteiger partial charge in [0.2, 0.25) is 0 Å². The van der Waals surface area contributed by atoms with E-state index in [1.165, 1.54) is 4.57 Å². The average Bonchev–Trinajstić information content (AvgIpc) is 2.38. The zero-order valence-electron chi connectivity index (χ0n) is 11.4. The van der Waals surface area contributed by atoms with Gasteiger partial charge >= 0.3 is 5.69 Å². The molecule has 0 aliphatic rings. The second-order valence-electron chi connectivity index (χ2n) is 4.87. The Kier molecular flexibility index (Phi) is 4.39. The summed E-state index contributed by atoms with van der Waals surface area (Å²) in [6.45, 7) is 4.05. The second kappa shape index (κ2) is 6.05. The number of halogens is 1. The van der Waals surface area contributed by atoms with Crippen molar-refractivity contribution in [2.45, 2.75) is 32.7 Å². The number of aryl methyl sites for hydroxylation is 1. The lowest BCUT2D eigenvalue weighted by atomic mass is 10.1. The van der Waals surface area contributed by atoms with Crippen LogP contribution in [0.1, 0.15) is 30.9 Å². The van der Waals surface area contributed by atoms with E-state index >= 15 is 0 Å². The molecule has 20 heavy (non-hydrogen) atoms. The van der Waals surface area contributed by atoms with Gasteiger partial charge in [-0.05, 0) is 30.0 Å². The smallest absolute Gasteiger partial charge is 0.297 e. The van der Waals surface area contributed by atoms with E-state index in [0.717, 1.165) is 5.56 Å². The van der Waals surface area contributed by atoms with Crippen molar-refractivity contribution in [3.63, 3.8) is 0 Å². The molecule has 106 valence electrons. The number of pyridine rings is 1. The third kappa shape index (κ3) is 2.99. The number of nitrogens with one attached hydrogen (secondary N) is 1. The van der Waals surface area contributed by atoms with E-state index in [4.69, 9.17) is 11.6 Å². The summed E-state index contributed by atoms with van der Waals surface area (Å²) in [6.07, 6.45) is 3.96. The van der Waals surface area contributed by atoms with Crippen molar-refractivity contribution in [3.8, 4) is 0 Å². The summed E-state index contributed by atoms with van der Waals surface area (Å²) in [4.78, 5) is 30.6. The van der Waals surface area contributed by atoms with Crippen LogP contribution in [0.4, 0.5) is 0 Å². The highest BCUT2D eigenvalue weighted by Crippen LogP contribution is 2.16. The Labute approximate surface area is 121 Å². The van der Waals surface area contributed by atoms with Gasteiger partial charge in [-0.1, -0.05) is 25.4 Å². The third-order valence-corrected chi connectivity index (χ3v) is 3.42. The van der Waals surface area contributed by atoms with E-state index < -0.39 is 5.69 Å². The van der Waals surface area contributed by atoms with E-state index in [-0.39, 0.29) is 16.6 Å². The van der Waals surface area contributed by atoms with Crippen LogP contribution in [-0.2, 0) is 13.0 Å². The van der Waals surface area contributed by atoms with Gasteiger partial charge < -0.3 is 0 Å². The SMILES string of the molecule is CC(C)c1c(Cl)[nH]c(=O)n(CCc2ccncc2)c1=O. The van der Waals surface area contributed by atoms with E-state index in [1.54, 1.807) is 12.4 Å². The number of aromatic nitrogens is 3. The van der Waals surface area contributed by atoms with Crippen LogP contribution in [-0.4, -0.2) is 14.5 Å². The first-order valence-corrected chi connectivity index (χ1v) is 6.80. The lowest BCUT2D eigenvalue weighted by Gasteiger charge is -2.11. The molecular formula is C14H16ClN3O2. The summed E-state index contributed by atoms with van der Waals surface area (Å²) in [5.74, 6) is -0.0426. The standard InChI is InChI=1S/C14H16ClN3O2/c1-9(2)11-12(15)17-14(20)18(13(11)19)8-5-10-3-6-16-7-4-10/h3-4,6-7,9H,5,8H2,1-2H3,(H,17,20). The van der Waals surface area contributed by atoms with E-state index in [9.17, 15) is 9.59 Å². The van der Waals surface area contributed by atoms with Crippen LogP contribution in [0, 0.1) is 0 Å². The van der Waals surface area contributed by atoms with Crippen LogP contribution >= 0.6 is 11.6 Å². The summed E-state index contributed by atoms with van der Waals surface area (Å²) in [5, 5.41) is 0.134. The maximum absolute atomic E-state index is 12.3. The highest BCUT2D eigenvalue weighted by Gasteiger charge is 2.15. The van der Waals surface area contributed by atoms with Crippen LogP contribution < -0.4 is 11.2 Å². The predicted molar refractivity (Wildman–Crippen MR) is 78.4 cm³/mol. The molecule has 0 bridgehead atoms. The maximum Gasteiger partial charge on any atom is 0.329 e. The van der Waals surface area contributed by atoms with Crippen molar-refractivity contribution < 1.29 is 0 Å². The van der Waals surface area contributed by atoms with Crippen molar-refractivity contribution in [1.29, 1.82) is 0 Å². The minimum absolute atomic E-state index is 0.0426. The Morgan fingerprint density at radius 3 is 2.55 bits per heavy atom. The molecule has 0 amide bonds. The Morgan fingerprint density at radius 2 is 1.95 bits per heavy atom. The molecule has 0 aliphatic carbocycles. The van der Waals surface area contributed by atoms with Gasteiger partial charge in [0.25, 0.3) is 5.56 Å². The van der Waals surface area contributed by atoms with Crippen molar-refractivity contribution in [3.05, 3.63) is 61.6 Å². The molecule has 0 spiro atoms. The van der Waals surface area contributed by atoms with Gasteiger partial charge in [-0.3, -0.25) is 19.3 Å². The molecule has 0 saturated carbocycles. The molecule has 5 nitrogen and oxygen atoms in total. The van der Waals surface area contributed by atoms with Gasteiger partial charge in [-0.15, -0.1) is 0 Å². The zero-order valence-corrected chi connectivity index (χ0v) is 12.1. The second-order valence-corrected chi connectivity index (χ2v) is 5.25. The van der Waals surface area contributed by atoms with E-state index in [0.29, 0.717) is 18.5 Å². The highest BCUT2D eigenvalue weighted by molar-refractivity contribution is 6.30. The number of aromatic amines is 1. The molecule has 0 aliphatic heterocycles. The minimum atomic E-state index is -0.474. The van der Waals surface area contributed by atoms with Gasteiger partial charge in [0.1, 0.15) is 5.15 Å². The van der Waals surface area contributed by atoms with Gasteiger partial charge in [0.05, 0.1) is 5.56 Å². The fourth-order valence-corrected chi connectivity index (χ4v) is 2.43. The molecular weight excluding hydrogens is 278 g/mol. The van der Waals surface area contributed by atoms with Crippen LogP contribution in [0.15, 0.2) is 34.1 Å². The molecule has 0 atom stereocenters. The lowest BCUT2D eigenvalue weighted by Crippen LogP contribution is -2.38. The van der Waals surface area contributed by atoms with E-state index in [1.807, 2.05) is 26.0 Å². The van der Waals surface area contributed by atoms with Gasteiger partial charge in [-0.25, -0.2) is 4.79 Å². The normalized spacial score (nSPS) is 11.0. The Balaban J connectivity index is 2.35. The third-order valence-electron chi connectivity index (χ3n) is 3.12. The largest absolute Gasteiger partial charge is 0.329 e. The molecule has 2 heterocycles. The first kappa shape index (κ1) is 14.5. The van der Waals surface area contributed by atoms with Gasteiger partial charge in [0.15, 0.2) is 0 Å². The van der Waals surface area contributed by atoms with Crippen LogP contribution in [0.25, 0.3) is 0 Å².